The number of fused-ring (bicyclic) bond motifs is 3. The van der Waals surface area contributed by atoms with Crippen LogP contribution >= 0.6 is 0 Å². The first-order valence-corrected chi connectivity index (χ1v) is 5.68. The number of nitrogens with one attached hydrogen (secondary N) is 1. The summed E-state index contributed by atoms with van der Waals surface area (Å²) in [5, 5.41) is 2.88. The van der Waals surface area contributed by atoms with Gasteiger partial charge in [0.05, 0.1) is 18.3 Å². The van der Waals surface area contributed by atoms with Gasteiger partial charge in [-0.15, -0.1) is 0 Å². The van der Waals surface area contributed by atoms with Crippen molar-refractivity contribution in [3.63, 3.8) is 0 Å². The number of urea groups is 1. The van der Waals surface area contributed by atoms with Crippen molar-refractivity contribution in [2.75, 3.05) is 6.54 Å². The lowest BCUT2D eigenvalue weighted by atomic mass is 10.0. The maximum absolute atomic E-state index is 11.7. The number of aryl methyl sites for hydroxylation is 2. The van der Waals surface area contributed by atoms with Gasteiger partial charge in [0, 0.05) is 12.2 Å². The first-order chi connectivity index (χ1) is 7.66. The maximum Gasteiger partial charge on any atom is 0.318 e. The van der Waals surface area contributed by atoms with E-state index >= 15 is 0 Å². The highest BCUT2D eigenvalue weighted by Gasteiger charge is 2.38. The van der Waals surface area contributed by atoms with Crippen molar-refractivity contribution in [2.24, 2.45) is 0 Å². The predicted octanol–water partition coefficient (Wildman–Crippen LogP) is 1.67. The SMILES string of the molecule is Cc1cc(C)c2c(n1)C1CCNC(=O)N1C2. The molecule has 16 heavy (non-hydrogen) atoms. The summed E-state index contributed by atoms with van der Waals surface area (Å²) in [6.45, 7) is 5.59. The molecule has 1 aromatic rings. The van der Waals surface area contributed by atoms with Crippen LogP contribution in [0.25, 0.3) is 0 Å². The number of amides is 2. The van der Waals surface area contributed by atoms with Crippen LogP contribution in [0.2, 0.25) is 0 Å². The zero-order valence-electron chi connectivity index (χ0n) is 9.58. The minimum Gasteiger partial charge on any atom is -0.338 e. The summed E-state index contributed by atoms with van der Waals surface area (Å²) in [6.07, 6.45) is 0.967. The molecule has 4 heteroatoms. The van der Waals surface area contributed by atoms with Crippen LogP contribution in [0.15, 0.2) is 6.07 Å². The molecule has 1 unspecified atom stereocenters. The van der Waals surface area contributed by atoms with Gasteiger partial charge in [-0.1, -0.05) is 0 Å². The minimum absolute atomic E-state index is 0.0475. The van der Waals surface area contributed by atoms with Crippen molar-refractivity contribution < 1.29 is 4.79 Å². The summed E-state index contributed by atoms with van der Waals surface area (Å²) in [6, 6.07) is 2.34. The van der Waals surface area contributed by atoms with Crippen LogP contribution in [-0.2, 0) is 6.54 Å². The standard InChI is InChI=1S/C12H15N3O/c1-7-5-8(2)14-11-9(7)6-15-10(11)3-4-13-12(15)16/h5,10H,3-4,6H2,1-2H3,(H,13,16). The van der Waals surface area contributed by atoms with Gasteiger partial charge in [-0.05, 0) is 37.5 Å². The lowest BCUT2D eigenvalue weighted by Crippen LogP contribution is -2.44. The van der Waals surface area contributed by atoms with Gasteiger partial charge in [0.1, 0.15) is 0 Å². The van der Waals surface area contributed by atoms with E-state index in [1.54, 1.807) is 0 Å². The number of pyridine rings is 1. The van der Waals surface area contributed by atoms with E-state index in [-0.39, 0.29) is 12.1 Å². The van der Waals surface area contributed by atoms with Gasteiger partial charge >= 0.3 is 6.03 Å². The second kappa shape index (κ2) is 3.20. The molecule has 2 amide bonds. The molecule has 3 heterocycles. The average molecular weight is 217 g/mol. The third-order valence-electron chi connectivity index (χ3n) is 3.48. The van der Waals surface area contributed by atoms with Gasteiger partial charge in [-0.3, -0.25) is 4.98 Å². The first kappa shape index (κ1) is 9.63. The van der Waals surface area contributed by atoms with E-state index in [0.29, 0.717) is 6.54 Å². The second-order valence-corrected chi connectivity index (χ2v) is 4.61. The van der Waals surface area contributed by atoms with Crippen LogP contribution in [0.5, 0.6) is 0 Å². The molecule has 2 aliphatic heterocycles. The molecule has 0 aromatic carbocycles. The summed E-state index contributed by atoms with van der Waals surface area (Å²) in [5.74, 6) is 0. The van der Waals surface area contributed by atoms with Crippen LogP contribution in [0.4, 0.5) is 4.79 Å². The van der Waals surface area contributed by atoms with Gasteiger partial charge in [0.25, 0.3) is 0 Å². The molecule has 84 valence electrons. The molecule has 1 N–H and O–H groups in total. The smallest absolute Gasteiger partial charge is 0.318 e. The van der Waals surface area contributed by atoms with Gasteiger partial charge in [0.15, 0.2) is 0 Å². The Morgan fingerprint density at radius 1 is 1.50 bits per heavy atom. The molecule has 3 rings (SSSR count). The molecule has 0 aliphatic carbocycles. The van der Waals surface area contributed by atoms with Crippen molar-refractivity contribution in [3.8, 4) is 0 Å². The van der Waals surface area contributed by atoms with E-state index < -0.39 is 0 Å². The number of carbonyl (C=O) groups excluding carboxylic acids is 1. The molecule has 0 bridgehead atoms. The topological polar surface area (TPSA) is 45.2 Å². The van der Waals surface area contributed by atoms with Gasteiger partial charge in [-0.25, -0.2) is 4.79 Å². The van der Waals surface area contributed by atoms with Crippen molar-refractivity contribution in [3.05, 3.63) is 28.6 Å². The van der Waals surface area contributed by atoms with Crippen LogP contribution in [0, 0.1) is 13.8 Å². The fourth-order valence-electron chi connectivity index (χ4n) is 2.72. The summed E-state index contributed by atoms with van der Waals surface area (Å²) in [5.41, 5.74) is 4.66. The number of hydrogen-bond donors (Lipinski definition) is 1. The number of rotatable bonds is 0. The van der Waals surface area contributed by atoms with Crippen molar-refractivity contribution in [1.29, 1.82) is 0 Å². The molecular formula is C12H15N3O. The number of nitrogens with zero attached hydrogens (tertiary/aromatic N) is 2. The van der Waals surface area contributed by atoms with Crippen LogP contribution in [0.3, 0.4) is 0 Å². The van der Waals surface area contributed by atoms with Gasteiger partial charge < -0.3 is 10.2 Å². The zero-order valence-corrected chi connectivity index (χ0v) is 9.58. The average Bonchev–Trinajstić information content (AvgIpc) is 2.59. The fraction of sp³-hybridized carbons (Fsp3) is 0.500. The summed E-state index contributed by atoms with van der Waals surface area (Å²) >= 11 is 0. The molecule has 0 radical (unpaired) electrons. The lowest BCUT2D eigenvalue weighted by Gasteiger charge is -2.29. The van der Waals surface area contributed by atoms with E-state index in [2.05, 4.69) is 23.3 Å². The number of hydrogen-bond acceptors (Lipinski definition) is 2. The molecular weight excluding hydrogens is 202 g/mol. The van der Waals surface area contributed by atoms with E-state index in [0.717, 1.165) is 24.4 Å². The first-order valence-electron chi connectivity index (χ1n) is 5.68. The van der Waals surface area contributed by atoms with E-state index in [1.807, 2.05) is 11.8 Å². The van der Waals surface area contributed by atoms with E-state index in [4.69, 9.17) is 0 Å². The molecule has 2 aliphatic rings. The molecule has 0 saturated carbocycles. The number of aromatic nitrogens is 1. The maximum atomic E-state index is 11.7. The Morgan fingerprint density at radius 2 is 2.31 bits per heavy atom. The zero-order chi connectivity index (χ0) is 11.3. The van der Waals surface area contributed by atoms with Crippen molar-refractivity contribution in [2.45, 2.75) is 32.9 Å². The number of carbonyl (C=O) groups is 1. The third-order valence-corrected chi connectivity index (χ3v) is 3.48. The largest absolute Gasteiger partial charge is 0.338 e. The summed E-state index contributed by atoms with van der Waals surface area (Å²) in [7, 11) is 0. The predicted molar refractivity (Wildman–Crippen MR) is 60.0 cm³/mol. The molecule has 4 nitrogen and oxygen atoms in total. The molecule has 1 atom stereocenters. The monoisotopic (exact) mass is 217 g/mol. The van der Waals surface area contributed by atoms with Crippen LogP contribution in [-0.4, -0.2) is 22.5 Å². The molecule has 1 saturated heterocycles. The highest BCUT2D eigenvalue weighted by molar-refractivity contribution is 5.76. The third kappa shape index (κ3) is 1.22. The fourth-order valence-corrected chi connectivity index (χ4v) is 2.72. The van der Waals surface area contributed by atoms with Crippen molar-refractivity contribution >= 4 is 6.03 Å². The van der Waals surface area contributed by atoms with E-state index in [1.165, 1.54) is 11.1 Å². The lowest BCUT2D eigenvalue weighted by molar-refractivity contribution is 0.160. The Labute approximate surface area is 94.7 Å². The molecule has 1 fully saturated rings. The Morgan fingerprint density at radius 3 is 3.12 bits per heavy atom. The minimum atomic E-state index is 0.0475. The molecule has 0 spiro atoms. The quantitative estimate of drug-likeness (QED) is 0.718. The normalized spacial score (nSPS) is 22.8. The van der Waals surface area contributed by atoms with E-state index in [9.17, 15) is 4.79 Å². The van der Waals surface area contributed by atoms with Crippen LogP contribution < -0.4 is 5.32 Å². The highest BCUT2D eigenvalue weighted by Crippen LogP contribution is 2.37. The van der Waals surface area contributed by atoms with Crippen molar-refractivity contribution in [1.82, 2.24) is 15.2 Å². The Kier molecular flexibility index (Phi) is 1.93. The molecule has 1 aromatic heterocycles. The highest BCUT2D eigenvalue weighted by atomic mass is 16.2. The summed E-state index contributed by atoms with van der Waals surface area (Å²) in [4.78, 5) is 18.2. The Hall–Kier alpha value is -1.58. The Balaban J connectivity index is 2.10. The van der Waals surface area contributed by atoms with Crippen LogP contribution in [0.1, 0.15) is 35.0 Å². The summed E-state index contributed by atoms with van der Waals surface area (Å²) < 4.78 is 0. The van der Waals surface area contributed by atoms with Gasteiger partial charge in [0.2, 0.25) is 0 Å². The van der Waals surface area contributed by atoms with Gasteiger partial charge in [-0.2, -0.15) is 0 Å². The second-order valence-electron chi connectivity index (χ2n) is 4.61. The Bertz CT molecular complexity index is 470.